The van der Waals surface area contributed by atoms with Gasteiger partial charge in [-0.05, 0) is 24.1 Å². The second-order valence-corrected chi connectivity index (χ2v) is 4.40. The number of amides is 1. The van der Waals surface area contributed by atoms with Crippen LogP contribution in [0.1, 0.15) is 35.7 Å². The van der Waals surface area contributed by atoms with Gasteiger partial charge in [-0.15, -0.1) is 0 Å². The fourth-order valence-corrected chi connectivity index (χ4v) is 1.63. The Hall–Kier alpha value is -1.95. The predicted molar refractivity (Wildman–Crippen MR) is 73.0 cm³/mol. The average molecular weight is 282 g/mol. The first-order valence-electron chi connectivity index (χ1n) is 6.53. The van der Waals surface area contributed by atoms with Crippen molar-refractivity contribution in [2.45, 2.75) is 26.3 Å². The highest BCUT2D eigenvalue weighted by atomic mass is 19.1. The monoisotopic (exact) mass is 282 g/mol. The number of hydrogen-bond donors (Lipinski definition) is 3. The molecule has 20 heavy (non-hydrogen) atoms. The highest BCUT2D eigenvalue weighted by molar-refractivity contribution is 5.87. The first kappa shape index (κ1) is 16.1. The van der Waals surface area contributed by atoms with Crippen LogP contribution in [0.15, 0.2) is 18.2 Å². The number of rotatable bonds is 8. The number of hydrogen-bond acceptors (Lipinski definition) is 3. The van der Waals surface area contributed by atoms with Gasteiger partial charge in [-0.1, -0.05) is 13.0 Å². The van der Waals surface area contributed by atoms with Gasteiger partial charge in [-0.3, -0.25) is 4.79 Å². The molecular weight excluding hydrogens is 263 g/mol. The summed E-state index contributed by atoms with van der Waals surface area (Å²) < 4.78 is 13.4. The first-order chi connectivity index (χ1) is 9.54. The molecule has 0 saturated carbocycles. The summed E-state index contributed by atoms with van der Waals surface area (Å²) in [5.41, 5.74) is 0.300. The smallest absolute Gasteiger partial charge is 0.338 e. The van der Waals surface area contributed by atoms with Gasteiger partial charge in [0.1, 0.15) is 5.82 Å². The second kappa shape index (κ2) is 8.27. The van der Waals surface area contributed by atoms with Crippen LogP contribution in [-0.2, 0) is 11.3 Å². The molecule has 0 heterocycles. The molecule has 1 amide bonds. The second-order valence-electron chi connectivity index (χ2n) is 4.40. The normalized spacial score (nSPS) is 10.3. The molecule has 0 saturated heterocycles. The quantitative estimate of drug-likeness (QED) is 0.632. The Morgan fingerprint density at radius 3 is 2.65 bits per heavy atom. The van der Waals surface area contributed by atoms with E-state index in [9.17, 15) is 14.0 Å². The van der Waals surface area contributed by atoms with Crippen molar-refractivity contribution in [2.24, 2.45) is 0 Å². The molecule has 0 atom stereocenters. The van der Waals surface area contributed by atoms with Crippen LogP contribution >= 0.6 is 0 Å². The molecule has 0 radical (unpaired) electrons. The zero-order valence-corrected chi connectivity index (χ0v) is 11.4. The molecule has 5 nitrogen and oxygen atoms in total. The van der Waals surface area contributed by atoms with E-state index in [-0.39, 0.29) is 11.5 Å². The van der Waals surface area contributed by atoms with Crippen LogP contribution in [0.25, 0.3) is 0 Å². The van der Waals surface area contributed by atoms with Crippen LogP contribution in [0.4, 0.5) is 4.39 Å². The van der Waals surface area contributed by atoms with Gasteiger partial charge in [-0.2, -0.15) is 0 Å². The maximum atomic E-state index is 13.4. The molecular formula is C14H19FN2O3. The minimum atomic E-state index is -1.28. The van der Waals surface area contributed by atoms with Crippen molar-refractivity contribution in [1.82, 2.24) is 10.6 Å². The van der Waals surface area contributed by atoms with Gasteiger partial charge in [0.25, 0.3) is 0 Å². The molecule has 1 aromatic rings. The number of aromatic carboxylic acids is 1. The summed E-state index contributed by atoms with van der Waals surface area (Å²) in [6.07, 6.45) is 1.25. The molecule has 0 bridgehead atoms. The summed E-state index contributed by atoms with van der Waals surface area (Å²) in [7, 11) is 0. The highest BCUT2D eigenvalue weighted by Gasteiger charge is 2.10. The van der Waals surface area contributed by atoms with Gasteiger partial charge in [0.2, 0.25) is 5.91 Å². The predicted octanol–water partition coefficient (Wildman–Crippen LogP) is 1.53. The largest absolute Gasteiger partial charge is 0.478 e. The van der Waals surface area contributed by atoms with E-state index < -0.39 is 11.8 Å². The average Bonchev–Trinajstić information content (AvgIpc) is 2.41. The number of carboxylic acid groups (broad SMARTS) is 1. The van der Waals surface area contributed by atoms with Crippen LogP contribution in [0.5, 0.6) is 0 Å². The van der Waals surface area contributed by atoms with E-state index in [4.69, 9.17) is 5.11 Å². The molecule has 0 fully saturated rings. The summed E-state index contributed by atoms with van der Waals surface area (Å²) in [5.74, 6) is -2.06. The van der Waals surface area contributed by atoms with E-state index in [1.807, 2.05) is 6.92 Å². The maximum Gasteiger partial charge on any atom is 0.338 e. The van der Waals surface area contributed by atoms with Crippen LogP contribution in [0, 0.1) is 5.82 Å². The van der Waals surface area contributed by atoms with Crippen LogP contribution in [0.2, 0.25) is 0 Å². The maximum absolute atomic E-state index is 13.4. The first-order valence-corrected chi connectivity index (χ1v) is 6.53. The van der Waals surface area contributed by atoms with Crippen molar-refractivity contribution in [3.63, 3.8) is 0 Å². The molecule has 1 rings (SSSR count). The lowest BCUT2D eigenvalue weighted by Gasteiger charge is -2.06. The van der Waals surface area contributed by atoms with Gasteiger partial charge in [0, 0.05) is 26.1 Å². The van der Waals surface area contributed by atoms with Crippen molar-refractivity contribution < 1.29 is 19.1 Å². The van der Waals surface area contributed by atoms with Crippen molar-refractivity contribution in [3.05, 3.63) is 35.1 Å². The SMILES string of the molecule is CCCNC(=O)CCNCc1ccc(C(=O)O)c(F)c1. The van der Waals surface area contributed by atoms with Crippen molar-refractivity contribution in [1.29, 1.82) is 0 Å². The Morgan fingerprint density at radius 1 is 1.30 bits per heavy atom. The van der Waals surface area contributed by atoms with E-state index in [0.717, 1.165) is 6.42 Å². The summed E-state index contributed by atoms with van der Waals surface area (Å²) in [6, 6.07) is 3.98. The number of benzene rings is 1. The van der Waals surface area contributed by atoms with Crippen molar-refractivity contribution >= 4 is 11.9 Å². The van der Waals surface area contributed by atoms with E-state index in [2.05, 4.69) is 10.6 Å². The minimum Gasteiger partial charge on any atom is -0.478 e. The number of carbonyl (C=O) groups excluding carboxylic acids is 1. The lowest BCUT2D eigenvalue weighted by Crippen LogP contribution is -2.28. The molecule has 6 heteroatoms. The Balaban J connectivity index is 2.34. The standard InChI is InChI=1S/C14H19FN2O3/c1-2-6-17-13(18)5-7-16-9-10-3-4-11(14(19)20)12(15)8-10/h3-4,8,16H,2,5-7,9H2,1H3,(H,17,18)(H,19,20). The third-order valence-electron chi connectivity index (χ3n) is 2.69. The summed E-state index contributed by atoms with van der Waals surface area (Å²) >= 11 is 0. The van der Waals surface area contributed by atoms with E-state index >= 15 is 0 Å². The number of halogens is 1. The Morgan fingerprint density at radius 2 is 2.05 bits per heavy atom. The van der Waals surface area contributed by atoms with Gasteiger partial charge in [-0.25, -0.2) is 9.18 Å². The van der Waals surface area contributed by atoms with Gasteiger partial charge < -0.3 is 15.7 Å². The third-order valence-corrected chi connectivity index (χ3v) is 2.69. The molecule has 0 spiro atoms. The van der Waals surface area contributed by atoms with Crippen LogP contribution in [-0.4, -0.2) is 30.1 Å². The van der Waals surface area contributed by atoms with Crippen LogP contribution in [0.3, 0.4) is 0 Å². The van der Waals surface area contributed by atoms with Gasteiger partial charge >= 0.3 is 5.97 Å². The topological polar surface area (TPSA) is 78.4 Å². The molecule has 0 unspecified atom stereocenters. The summed E-state index contributed by atoms with van der Waals surface area (Å²) in [6.45, 7) is 3.52. The zero-order chi connectivity index (χ0) is 15.0. The third kappa shape index (κ3) is 5.36. The summed E-state index contributed by atoms with van der Waals surface area (Å²) in [5, 5.41) is 14.5. The molecule has 110 valence electrons. The van der Waals surface area contributed by atoms with E-state index in [1.165, 1.54) is 12.1 Å². The number of carboxylic acids is 1. The number of carbonyl (C=O) groups is 2. The fourth-order valence-electron chi connectivity index (χ4n) is 1.63. The Kier molecular flexibility index (Phi) is 6.66. The fraction of sp³-hybridized carbons (Fsp3) is 0.429. The van der Waals surface area contributed by atoms with Crippen molar-refractivity contribution in [3.8, 4) is 0 Å². The van der Waals surface area contributed by atoms with Gasteiger partial charge in [0.15, 0.2) is 0 Å². The lowest BCUT2D eigenvalue weighted by atomic mass is 10.1. The van der Waals surface area contributed by atoms with E-state index in [0.29, 0.717) is 31.6 Å². The van der Waals surface area contributed by atoms with Gasteiger partial charge in [0.05, 0.1) is 5.56 Å². The molecule has 0 aliphatic carbocycles. The molecule has 0 aromatic heterocycles. The highest BCUT2D eigenvalue weighted by Crippen LogP contribution is 2.10. The Labute approximate surface area is 117 Å². The molecule has 3 N–H and O–H groups in total. The lowest BCUT2D eigenvalue weighted by molar-refractivity contribution is -0.121. The van der Waals surface area contributed by atoms with Crippen molar-refractivity contribution in [2.75, 3.05) is 13.1 Å². The number of nitrogens with one attached hydrogen (secondary N) is 2. The summed E-state index contributed by atoms with van der Waals surface area (Å²) in [4.78, 5) is 22.0. The Bertz CT molecular complexity index is 477. The zero-order valence-electron chi connectivity index (χ0n) is 11.4. The molecule has 0 aliphatic heterocycles. The van der Waals surface area contributed by atoms with E-state index in [1.54, 1.807) is 6.07 Å². The minimum absolute atomic E-state index is 0.0215. The van der Waals surface area contributed by atoms with Crippen LogP contribution < -0.4 is 10.6 Å². The molecule has 0 aliphatic rings. The molecule has 1 aromatic carbocycles.